The van der Waals surface area contributed by atoms with Gasteiger partial charge in [-0.2, -0.15) is 5.10 Å². The van der Waals surface area contributed by atoms with Crippen molar-refractivity contribution in [1.82, 2.24) is 9.78 Å². The minimum Gasteiger partial charge on any atom is -0.490 e. The highest BCUT2D eigenvalue weighted by molar-refractivity contribution is 6.30. The van der Waals surface area contributed by atoms with Gasteiger partial charge in [0.25, 0.3) is 5.91 Å². The van der Waals surface area contributed by atoms with Gasteiger partial charge < -0.3 is 24.3 Å². The first-order valence-electron chi connectivity index (χ1n) is 12.0. The van der Waals surface area contributed by atoms with E-state index in [4.69, 9.17) is 30.5 Å². The summed E-state index contributed by atoms with van der Waals surface area (Å²) in [6.45, 7) is 5.32. The van der Waals surface area contributed by atoms with Crippen LogP contribution in [0, 0.1) is 5.82 Å². The monoisotopic (exact) mass is 539 g/mol. The predicted octanol–water partition coefficient (Wildman–Crippen LogP) is 6.34. The van der Waals surface area contributed by atoms with Crippen molar-refractivity contribution in [1.29, 1.82) is 0 Å². The molecule has 0 radical (unpaired) electrons. The first kappa shape index (κ1) is 26.8. The molecule has 0 saturated heterocycles. The Balaban J connectivity index is 1.28. The largest absolute Gasteiger partial charge is 0.490 e. The molecule has 1 amide bonds. The predicted molar refractivity (Wildman–Crippen MR) is 142 cm³/mol. The van der Waals surface area contributed by atoms with E-state index in [2.05, 4.69) is 10.4 Å². The summed E-state index contributed by atoms with van der Waals surface area (Å²) in [7, 11) is 0. The molecule has 3 aromatic carbocycles. The Bertz CT molecular complexity index is 1380. The van der Waals surface area contributed by atoms with Crippen LogP contribution in [-0.4, -0.2) is 28.9 Å². The zero-order valence-corrected chi connectivity index (χ0v) is 21.7. The van der Waals surface area contributed by atoms with Gasteiger partial charge in [-0.1, -0.05) is 17.7 Å². The topological polar surface area (TPSA) is 83.8 Å². The molecule has 0 aliphatic rings. The Hall–Kier alpha value is -4.24. The molecule has 0 atom stereocenters. The van der Waals surface area contributed by atoms with Crippen molar-refractivity contribution in [2.45, 2.75) is 27.2 Å². The molecule has 0 aliphatic heterocycles. The van der Waals surface area contributed by atoms with Crippen molar-refractivity contribution in [3.8, 4) is 23.0 Å². The van der Waals surface area contributed by atoms with Gasteiger partial charge in [0.05, 0.1) is 18.2 Å². The van der Waals surface area contributed by atoms with Crippen LogP contribution in [0.3, 0.4) is 0 Å². The number of amides is 1. The van der Waals surface area contributed by atoms with Gasteiger partial charge in [-0.05, 0) is 74.0 Å². The van der Waals surface area contributed by atoms with E-state index in [1.54, 1.807) is 36.5 Å². The smallest absolute Gasteiger partial charge is 0.276 e. The lowest BCUT2D eigenvalue weighted by Gasteiger charge is -2.13. The van der Waals surface area contributed by atoms with E-state index in [-0.39, 0.29) is 23.4 Å². The summed E-state index contributed by atoms with van der Waals surface area (Å²) in [4.78, 5) is 12.6. The Kier molecular flexibility index (Phi) is 9.05. The van der Waals surface area contributed by atoms with Crippen LogP contribution < -0.4 is 24.3 Å². The lowest BCUT2D eigenvalue weighted by atomic mass is 10.2. The second-order valence-corrected chi connectivity index (χ2v) is 8.41. The van der Waals surface area contributed by atoms with Crippen LogP contribution >= 0.6 is 11.6 Å². The fourth-order valence-electron chi connectivity index (χ4n) is 3.44. The molecule has 0 fully saturated rings. The van der Waals surface area contributed by atoms with Crippen LogP contribution in [0.4, 0.5) is 10.1 Å². The molecule has 0 saturated carbocycles. The lowest BCUT2D eigenvalue weighted by Crippen LogP contribution is -2.14. The van der Waals surface area contributed by atoms with Gasteiger partial charge in [0.2, 0.25) is 0 Å². The number of ether oxygens (including phenoxy) is 4. The average Bonchev–Trinajstić information content (AvgIpc) is 3.40. The molecule has 198 valence electrons. The molecule has 0 aliphatic carbocycles. The second kappa shape index (κ2) is 12.8. The number of hydrogen-bond donors (Lipinski definition) is 1. The summed E-state index contributed by atoms with van der Waals surface area (Å²) in [5.74, 6) is 1.52. The number of anilines is 1. The van der Waals surface area contributed by atoms with Crippen LogP contribution in [0.2, 0.25) is 5.02 Å². The standard InChI is InChI=1S/C28H27ClFN3O5/c1-3-35-26-12-5-19(15-27(26)36-4-2)17-37-21-8-6-20(7-9-21)31-28(34)25-13-14-33(32-25)18-38-22-10-11-24(30)23(29)16-22/h5-16H,3-4,17-18H2,1-2H3,(H,31,34). The number of benzene rings is 3. The molecule has 0 spiro atoms. The molecule has 1 aromatic heterocycles. The number of hydrogen-bond acceptors (Lipinski definition) is 6. The van der Waals surface area contributed by atoms with E-state index in [1.807, 2.05) is 32.0 Å². The van der Waals surface area contributed by atoms with Crippen molar-refractivity contribution < 1.29 is 28.1 Å². The molecule has 1 N–H and O–H groups in total. The third-order valence-corrected chi connectivity index (χ3v) is 5.54. The maximum absolute atomic E-state index is 13.3. The highest BCUT2D eigenvalue weighted by atomic mass is 35.5. The Morgan fingerprint density at radius 3 is 2.37 bits per heavy atom. The SMILES string of the molecule is CCOc1ccc(COc2ccc(NC(=O)c3ccn(COc4ccc(F)c(Cl)c4)n3)cc2)cc1OCC. The quantitative estimate of drug-likeness (QED) is 0.226. The van der Waals surface area contributed by atoms with Crippen molar-refractivity contribution in [2.24, 2.45) is 0 Å². The minimum absolute atomic E-state index is 0.0295. The maximum atomic E-state index is 13.3. The van der Waals surface area contributed by atoms with Crippen molar-refractivity contribution in [3.05, 3.63) is 95.0 Å². The van der Waals surface area contributed by atoms with E-state index in [0.29, 0.717) is 48.5 Å². The molecule has 4 aromatic rings. The van der Waals surface area contributed by atoms with Gasteiger partial charge in [0.15, 0.2) is 23.9 Å². The van der Waals surface area contributed by atoms with E-state index >= 15 is 0 Å². The summed E-state index contributed by atoms with van der Waals surface area (Å²) in [6.07, 6.45) is 1.61. The van der Waals surface area contributed by atoms with Gasteiger partial charge in [-0.3, -0.25) is 4.79 Å². The van der Waals surface area contributed by atoms with Gasteiger partial charge >= 0.3 is 0 Å². The summed E-state index contributed by atoms with van der Waals surface area (Å²) >= 11 is 5.76. The fourth-order valence-corrected chi connectivity index (χ4v) is 3.61. The highest BCUT2D eigenvalue weighted by Crippen LogP contribution is 2.29. The first-order chi connectivity index (χ1) is 18.4. The van der Waals surface area contributed by atoms with Crippen molar-refractivity contribution in [3.63, 3.8) is 0 Å². The zero-order valence-electron chi connectivity index (χ0n) is 20.9. The Morgan fingerprint density at radius 1 is 0.895 bits per heavy atom. The Labute approximate surface area is 224 Å². The summed E-state index contributed by atoms with van der Waals surface area (Å²) in [6, 6.07) is 18.4. The molecule has 0 bridgehead atoms. The number of nitrogens with one attached hydrogen (secondary N) is 1. The second-order valence-electron chi connectivity index (χ2n) is 8.00. The molecule has 10 heteroatoms. The molecule has 4 rings (SSSR count). The third-order valence-electron chi connectivity index (χ3n) is 5.25. The number of carbonyl (C=O) groups is 1. The van der Waals surface area contributed by atoms with E-state index in [1.165, 1.54) is 22.9 Å². The summed E-state index contributed by atoms with van der Waals surface area (Å²) < 4.78 is 37.4. The van der Waals surface area contributed by atoms with Gasteiger partial charge in [-0.15, -0.1) is 0 Å². The zero-order chi connectivity index (χ0) is 26.9. The number of nitrogens with zero attached hydrogens (tertiary/aromatic N) is 2. The summed E-state index contributed by atoms with van der Waals surface area (Å²) in [5.41, 5.74) is 1.75. The minimum atomic E-state index is -0.527. The fraction of sp³-hybridized carbons (Fsp3) is 0.214. The van der Waals surface area contributed by atoms with Crippen LogP contribution in [0.1, 0.15) is 29.9 Å². The molecule has 1 heterocycles. The first-order valence-corrected chi connectivity index (χ1v) is 12.4. The molecular formula is C28H27ClFN3O5. The Morgan fingerprint density at radius 2 is 1.63 bits per heavy atom. The molecule has 38 heavy (non-hydrogen) atoms. The van der Waals surface area contributed by atoms with E-state index < -0.39 is 5.82 Å². The van der Waals surface area contributed by atoms with Crippen LogP contribution in [0.15, 0.2) is 72.9 Å². The number of rotatable bonds is 12. The highest BCUT2D eigenvalue weighted by Gasteiger charge is 2.11. The molecule has 0 unspecified atom stereocenters. The van der Waals surface area contributed by atoms with E-state index in [0.717, 1.165) is 5.56 Å². The third kappa shape index (κ3) is 7.17. The van der Waals surface area contributed by atoms with Gasteiger partial charge in [0, 0.05) is 18.0 Å². The van der Waals surface area contributed by atoms with E-state index in [9.17, 15) is 9.18 Å². The number of aromatic nitrogens is 2. The number of halogens is 2. The van der Waals surface area contributed by atoms with Crippen LogP contribution in [0.5, 0.6) is 23.0 Å². The normalized spacial score (nSPS) is 10.6. The van der Waals surface area contributed by atoms with Gasteiger partial charge in [-0.25, -0.2) is 9.07 Å². The lowest BCUT2D eigenvalue weighted by molar-refractivity contribution is 0.102. The van der Waals surface area contributed by atoms with Gasteiger partial charge in [0.1, 0.15) is 23.9 Å². The van der Waals surface area contributed by atoms with Crippen molar-refractivity contribution in [2.75, 3.05) is 18.5 Å². The number of carbonyl (C=O) groups excluding carboxylic acids is 1. The maximum Gasteiger partial charge on any atom is 0.276 e. The van der Waals surface area contributed by atoms with Crippen LogP contribution in [-0.2, 0) is 13.3 Å². The molecular weight excluding hydrogens is 513 g/mol. The average molecular weight is 540 g/mol. The van der Waals surface area contributed by atoms with Crippen LogP contribution in [0.25, 0.3) is 0 Å². The summed E-state index contributed by atoms with van der Waals surface area (Å²) in [5, 5.41) is 6.97. The molecule has 8 nitrogen and oxygen atoms in total. The van der Waals surface area contributed by atoms with Crippen molar-refractivity contribution >= 4 is 23.2 Å².